The van der Waals surface area contributed by atoms with Gasteiger partial charge in [-0.1, -0.05) is 18.2 Å². The number of hydrogen-bond donors (Lipinski definition) is 3. The number of carbonyl (C=O) groups is 2. The molecular formula is C15H19N3O2. The van der Waals surface area contributed by atoms with Crippen molar-refractivity contribution in [2.24, 2.45) is 5.92 Å². The third-order valence-corrected chi connectivity index (χ3v) is 3.00. The monoisotopic (exact) mass is 273 g/mol. The number of anilines is 1. The topological polar surface area (TPSA) is 70.2 Å². The van der Waals surface area contributed by atoms with Crippen LogP contribution in [-0.4, -0.2) is 18.5 Å². The molecule has 1 fully saturated rings. The molecule has 0 aliphatic heterocycles. The molecule has 1 aliphatic rings. The van der Waals surface area contributed by atoms with Crippen LogP contribution in [0.3, 0.4) is 0 Å². The highest BCUT2D eigenvalue weighted by atomic mass is 16.2. The van der Waals surface area contributed by atoms with Crippen molar-refractivity contribution in [1.29, 1.82) is 0 Å². The van der Waals surface area contributed by atoms with E-state index in [1.807, 2.05) is 24.3 Å². The third kappa shape index (κ3) is 4.42. The Bertz CT molecular complexity index is 510. The molecule has 3 amide bonds. The maximum Gasteiger partial charge on any atom is 0.315 e. The predicted octanol–water partition coefficient (Wildman–Crippen LogP) is 2.02. The molecule has 0 heterocycles. The highest BCUT2D eigenvalue weighted by molar-refractivity contribution is 5.94. The number of amides is 3. The van der Waals surface area contributed by atoms with Gasteiger partial charge in [-0.3, -0.25) is 4.79 Å². The molecule has 2 rings (SSSR count). The first kappa shape index (κ1) is 14.1. The Balaban J connectivity index is 1.83. The van der Waals surface area contributed by atoms with E-state index in [1.165, 1.54) is 0 Å². The molecule has 0 aromatic heterocycles. The fourth-order valence-corrected chi connectivity index (χ4v) is 1.76. The van der Waals surface area contributed by atoms with Crippen LogP contribution in [0.4, 0.5) is 10.5 Å². The van der Waals surface area contributed by atoms with Gasteiger partial charge in [0.2, 0.25) is 5.91 Å². The van der Waals surface area contributed by atoms with Gasteiger partial charge >= 0.3 is 6.03 Å². The van der Waals surface area contributed by atoms with Crippen molar-refractivity contribution in [3.05, 3.63) is 42.5 Å². The van der Waals surface area contributed by atoms with Gasteiger partial charge in [-0.25, -0.2) is 4.79 Å². The second kappa shape index (κ2) is 6.75. The molecule has 0 bridgehead atoms. The molecular weight excluding hydrogens is 254 g/mol. The van der Waals surface area contributed by atoms with Crippen molar-refractivity contribution < 1.29 is 9.59 Å². The molecule has 5 nitrogen and oxygen atoms in total. The van der Waals surface area contributed by atoms with E-state index in [4.69, 9.17) is 0 Å². The molecule has 20 heavy (non-hydrogen) atoms. The van der Waals surface area contributed by atoms with Crippen LogP contribution >= 0.6 is 0 Å². The number of rotatable bonds is 6. The maximum atomic E-state index is 11.7. The molecule has 0 atom stereocenters. The minimum absolute atomic E-state index is 0.0823. The van der Waals surface area contributed by atoms with E-state index in [0.29, 0.717) is 13.1 Å². The van der Waals surface area contributed by atoms with E-state index < -0.39 is 0 Å². The minimum atomic E-state index is -0.239. The van der Waals surface area contributed by atoms with Crippen LogP contribution in [-0.2, 0) is 11.3 Å². The molecule has 0 unspecified atom stereocenters. The van der Waals surface area contributed by atoms with Crippen molar-refractivity contribution in [2.75, 3.05) is 11.9 Å². The van der Waals surface area contributed by atoms with Crippen LogP contribution in [0.5, 0.6) is 0 Å². The summed E-state index contributed by atoms with van der Waals surface area (Å²) in [6, 6.07) is 7.24. The second-order valence-corrected chi connectivity index (χ2v) is 4.82. The normalized spacial score (nSPS) is 13.4. The minimum Gasteiger partial charge on any atom is -0.335 e. The summed E-state index contributed by atoms with van der Waals surface area (Å²) in [5.74, 6) is 0.264. The Labute approximate surface area is 118 Å². The average molecular weight is 273 g/mol. The summed E-state index contributed by atoms with van der Waals surface area (Å²) < 4.78 is 0. The average Bonchev–Trinajstić information content (AvgIpc) is 3.28. The van der Waals surface area contributed by atoms with Crippen LogP contribution in [0.25, 0.3) is 0 Å². The van der Waals surface area contributed by atoms with Crippen molar-refractivity contribution in [3.8, 4) is 0 Å². The Hall–Kier alpha value is -2.30. The Morgan fingerprint density at radius 3 is 2.80 bits per heavy atom. The standard InChI is InChI=1S/C15H19N3O2/c1-2-8-16-15(20)17-10-11-4-3-5-13(9-11)18-14(19)12-6-7-12/h2-5,9,12H,1,6-8,10H2,(H,18,19)(H2,16,17,20). The molecule has 3 N–H and O–H groups in total. The van der Waals surface area contributed by atoms with E-state index in [0.717, 1.165) is 24.1 Å². The van der Waals surface area contributed by atoms with E-state index in [-0.39, 0.29) is 17.9 Å². The van der Waals surface area contributed by atoms with Crippen molar-refractivity contribution in [2.45, 2.75) is 19.4 Å². The van der Waals surface area contributed by atoms with Crippen LogP contribution < -0.4 is 16.0 Å². The van der Waals surface area contributed by atoms with Gasteiger partial charge in [-0.05, 0) is 30.5 Å². The van der Waals surface area contributed by atoms with E-state index in [2.05, 4.69) is 22.5 Å². The molecule has 5 heteroatoms. The Morgan fingerprint density at radius 2 is 2.10 bits per heavy atom. The predicted molar refractivity (Wildman–Crippen MR) is 78.2 cm³/mol. The van der Waals surface area contributed by atoms with Gasteiger partial charge in [0.1, 0.15) is 0 Å². The Kier molecular flexibility index (Phi) is 4.76. The zero-order valence-corrected chi connectivity index (χ0v) is 11.3. The van der Waals surface area contributed by atoms with Gasteiger partial charge in [0.15, 0.2) is 0 Å². The van der Waals surface area contributed by atoms with Crippen LogP contribution in [0, 0.1) is 5.92 Å². The molecule has 1 aromatic rings. The quantitative estimate of drug-likeness (QED) is 0.694. The van der Waals surface area contributed by atoms with Gasteiger partial charge in [0.25, 0.3) is 0 Å². The van der Waals surface area contributed by atoms with Crippen LogP contribution in [0.2, 0.25) is 0 Å². The summed E-state index contributed by atoms with van der Waals surface area (Å²) in [5, 5.41) is 8.26. The number of urea groups is 1. The smallest absolute Gasteiger partial charge is 0.315 e. The molecule has 0 saturated heterocycles. The number of hydrogen-bond acceptors (Lipinski definition) is 2. The molecule has 0 radical (unpaired) electrons. The molecule has 106 valence electrons. The molecule has 1 aromatic carbocycles. The lowest BCUT2D eigenvalue weighted by atomic mass is 10.2. The Morgan fingerprint density at radius 1 is 1.30 bits per heavy atom. The largest absolute Gasteiger partial charge is 0.335 e. The number of carbonyl (C=O) groups excluding carboxylic acids is 2. The van der Waals surface area contributed by atoms with Crippen molar-refractivity contribution in [3.63, 3.8) is 0 Å². The van der Waals surface area contributed by atoms with Crippen LogP contribution in [0.15, 0.2) is 36.9 Å². The fraction of sp³-hybridized carbons (Fsp3) is 0.333. The summed E-state index contributed by atoms with van der Waals surface area (Å²) >= 11 is 0. The second-order valence-electron chi connectivity index (χ2n) is 4.82. The summed E-state index contributed by atoms with van der Waals surface area (Å²) in [6.45, 7) is 4.37. The zero-order valence-electron chi connectivity index (χ0n) is 11.3. The summed E-state index contributed by atoms with van der Waals surface area (Å²) in [5.41, 5.74) is 1.71. The van der Waals surface area contributed by atoms with Gasteiger partial charge in [-0.15, -0.1) is 6.58 Å². The van der Waals surface area contributed by atoms with Gasteiger partial charge < -0.3 is 16.0 Å². The SMILES string of the molecule is C=CCNC(=O)NCc1cccc(NC(=O)C2CC2)c1. The first-order valence-electron chi connectivity index (χ1n) is 6.71. The molecule has 1 aliphatic carbocycles. The van der Waals surface area contributed by atoms with Crippen molar-refractivity contribution in [1.82, 2.24) is 10.6 Å². The highest BCUT2D eigenvalue weighted by Gasteiger charge is 2.29. The van der Waals surface area contributed by atoms with Crippen LogP contribution in [0.1, 0.15) is 18.4 Å². The van der Waals surface area contributed by atoms with Gasteiger partial charge in [0, 0.05) is 24.7 Å². The summed E-state index contributed by atoms with van der Waals surface area (Å²) in [4.78, 5) is 23.1. The highest BCUT2D eigenvalue weighted by Crippen LogP contribution is 2.30. The third-order valence-electron chi connectivity index (χ3n) is 3.00. The molecule has 1 saturated carbocycles. The summed E-state index contributed by atoms with van der Waals surface area (Å²) in [7, 11) is 0. The lowest BCUT2D eigenvalue weighted by Gasteiger charge is -2.08. The summed E-state index contributed by atoms with van der Waals surface area (Å²) in [6.07, 6.45) is 3.58. The lowest BCUT2D eigenvalue weighted by molar-refractivity contribution is -0.117. The molecule has 0 spiro atoms. The first-order chi connectivity index (χ1) is 9.69. The number of benzene rings is 1. The van der Waals surface area contributed by atoms with E-state index in [1.54, 1.807) is 6.08 Å². The van der Waals surface area contributed by atoms with E-state index >= 15 is 0 Å². The fourth-order valence-electron chi connectivity index (χ4n) is 1.76. The van der Waals surface area contributed by atoms with E-state index in [9.17, 15) is 9.59 Å². The maximum absolute atomic E-state index is 11.7. The lowest BCUT2D eigenvalue weighted by Crippen LogP contribution is -2.34. The van der Waals surface area contributed by atoms with Gasteiger partial charge in [0.05, 0.1) is 0 Å². The zero-order chi connectivity index (χ0) is 14.4. The van der Waals surface area contributed by atoms with Crippen molar-refractivity contribution >= 4 is 17.6 Å². The van der Waals surface area contributed by atoms with Gasteiger partial charge in [-0.2, -0.15) is 0 Å². The number of nitrogens with one attached hydrogen (secondary N) is 3. The first-order valence-corrected chi connectivity index (χ1v) is 6.71.